The summed E-state index contributed by atoms with van der Waals surface area (Å²) in [5, 5.41) is 0. The number of carbonyl (C=O) groups excluding carboxylic acids is 1. The Morgan fingerprint density at radius 1 is 1.24 bits per heavy atom. The van der Waals surface area contributed by atoms with Gasteiger partial charge in [0, 0.05) is 44.3 Å². The number of methoxy groups -OCH3 is 1. The highest BCUT2D eigenvalue weighted by Gasteiger charge is 2.54. The number of pyridine rings is 1. The summed E-state index contributed by atoms with van der Waals surface area (Å²) in [4.78, 5) is 18.4. The van der Waals surface area contributed by atoms with Crippen molar-refractivity contribution in [1.82, 2.24) is 9.88 Å². The number of carbonyl (C=O) groups is 1. The standard InChI is InChI=1S/C19H27N3O2.ClH/c1-24-19(13-8-9-21-17(10-13)18(20)23)14-4-2-5-15(19)12-22(11-14)16-6-3-7-16;/h8-10,14-16H,2-7,11-12H2,1H3,(H2,20,23);1H. The predicted molar refractivity (Wildman–Crippen MR) is 98.7 cm³/mol. The topological polar surface area (TPSA) is 68.5 Å². The first-order chi connectivity index (χ1) is 11.6. The normalized spacial score (nSPS) is 32.5. The molecular formula is C19H28ClN3O2. The van der Waals surface area contributed by atoms with Gasteiger partial charge in [0.15, 0.2) is 0 Å². The fourth-order valence-electron chi connectivity index (χ4n) is 5.25. The minimum atomic E-state index is -0.472. The second kappa shape index (κ2) is 7.22. The zero-order valence-corrected chi connectivity index (χ0v) is 15.6. The van der Waals surface area contributed by atoms with Crippen LogP contribution >= 0.6 is 12.4 Å². The molecule has 0 aromatic carbocycles. The van der Waals surface area contributed by atoms with E-state index in [4.69, 9.17) is 10.5 Å². The number of rotatable bonds is 4. The largest absolute Gasteiger partial charge is 0.373 e. The maximum Gasteiger partial charge on any atom is 0.267 e. The van der Waals surface area contributed by atoms with Crippen molar-refractivity contribution in [3.05, 3.63) is 29.6 Å². The van der Waals surface area contributed by atoms with Gasteiger partial charge in [0.2, 0.25) is 0 Å². The number of piperidine rings is 1. The van der Waals surface area contributed by atoms with E-state index >= 15 is 0 Å². The molecule has 138 valence electrons. The summed E-state index contributed by atoms with van der Waals surface area (Å²) in [7, 11) is 1.83. The number of fused-ring (bicyclic) bond motifs is 2. The lowest BCUT2D eigenvalue weighted by atomic mass is 9.62. The van der Waals surface area contributed by atoms with E-state index in [9.17, 15) is 4.79 Å². The number of primary amides is 1. The summed E-state index contributed by atoms with van der Waals surface area (Å²) in [6.07, 6.45) is 9.40. The third-order valence-electron chi connectivity index (χ3n) is 6.62. The van der Waals surface area contributed by atoms with Gasteiger partial charge in [-0.25, -0.2) is 0 Å². The lowest BCUT2D eigenvalue weighted by Crippen LogP contribution is -2.61. The van der Waals surface area contributed by atoms with Gasteiger partial charge >= 0.3 is 0 Å². The first-order valence-corrected chi connectivity index (χ1v) is 9.20. The molecule has 1 saturated heterocycles. The Bertz CT molecular complexity index is 621. The van der Waals surface area contributed by atoms with Gasteiger partial charge < -0.3 is 10.5 Å². The summed E-state index contributed by atoms with van der Waals surface area (Å²) >= 11 is 0. The molecule has 0 radical (unpaired) electrons. The van der Waals surface area contributed by atoms with Crippen LogP contribution in [-0.4, -0.2) is 42.0 Å². The average molecular weight is 366 g/mol. The fraction of sp³-hybridized carbons (Fsp3) is 0.684. The summed E-state index contributed by atoms with van der Waals surface area (Å²) in [6.45, 7) is 2.20. The molecule has 2 atom stereocenters. The molecular weight excluding hydrogens is 338 g/mol. The lowest BCUT2D eigenvalue weighted by molar-refractivity contribution is -0.177. The van der Waals surface area contributed by atoms with E-state index in [0.717, 1.165) is 24.7 Å². The Balaban J connectivity index is 0.00000182. The van der Waals surface area contributed by atoms with E-state index in [2.05, 4.69) is 9.88 Å². The average Bonchev–Trinajstić information content (AvgIpc) is 2.52. The van der Waals surface area contributed by atoms with Crippen LogP contribution in [0.2, 0.25) is 0 Å². The number of ether oxygens (including phenoxy) is 1. The van der Waals surface area contributed by atoms with Crippen LogP contribution in [0.5, 0.6) is 0 Å². The Morgan fingerprint density at radius 3 is 2.40 bits per heavy atom. The number of amides is 1. The monoisotopic (exact) mass is 365 g/mol. The van der Waals surface area contributed by atoms with Crippen molar-refractivity contribution < 1.29 is 9.53 Å². The Morgan fingerprint density at radius 2 is 1.88 bits per heavy atom. The van der Waals surface area contributed by atoms with Gasteiger partial charge in [-0.15, -0.1) is 12.4 Å². The van der Waals surface area contributed by atoms with E-state index < -0.39 is 5.91 Å². The van der Waals surface area contributed by atoms with Gasteiger partial charge in [0.25, 0.3) is 5.91 Å². The molecule has 2 aliphatic carbocycles. The number of aromatic nitrogens is 1. The number of hydrogen-bond acceptors (Lipinski definition) is 4. The molecule has 1 aliphatic heterocycles. The minimum absolute atomic E-state index is 0. The molecule has 2 saturated carbocycles. The van der Waals surface area contributed by atoms with Crippen molar-refractivity contribution in [1.29, 1.82) is 0 Å². The molecule has 4 rings (SSSR count). The van der Waals surface area contributed by atoms with E-state index in [1.54, 1.807) is 6.20 Å². The van der Waals surface area contributed by atoms with Crippen LogP contribution in [0.4, 0.5) is 0 Å². The molecule has 3 aliphatic rings. The number of hydrogen-bond donors (Lipinski definition) is 1. The van der Waals surface area contributed by atoms with Crippen LogP contribution in [-0.2, 0) is 10.3 Å². The van der Waals surface area contributed by atoms with Crippen LogP contribution in [0, 0.1) is 11.8 Å². The molecule has 1 aromatic heterocycles. The highest BCUT2D eigenvalue weighted by molar-refractivity contribution is 5.90. The minimum Gasteiger partial charge on any atom is -0.373 e. The first kappa shape index (κ1) is 18.6. The molecule has 5 nitrogen and oxygen atoms in total. The first-order valence-electron chi connectivity index (χ1n) is 9.20. The van der Waals surface area contributed by atoms with E-state index in [1.807, 2.05) is 19.2 Å². The zero-order valence-electron chi connectivity index (χ0n) is 14.8. The van der Waals surface area contributed by atoms with Crippen LogP contribution in [0.3, 0.4) is 0 Å². The highest BCUT2D eigenvalue weighted by Crippen LogP contribution is 2.52. The van der Waals surface area contributed by atoms with Gasteiger partial charge in [0.1, 0.15) is 11.3 Å². The number of halogens is 1. The van der Waals surface area contributed by atoms with Crippen LogP contribution in [0.15, 0.2) is 18.3 Å². The number of nitrogens with two attached hydrogens (primary N) is 1. The van der Waals surface area contributed by atoms with Crippen LogP contribution < -0.4 is 5.73 Å². The van der Waals surface area contributed by atoms with Crippen molar-refractivity contribution in [2.45, 2.75) is 50.2 Å². The smallest absolute Gasteiger partial charge is 0.267 e. The third-order valence-corrected chi connectivity index (χ3v) is 6.62. The molecule has 25 heavy (non-hydrogen) atoms. The molecule has 1 amide bonds. The molecule has 0 spiro atoms. The highest BCUT2D eigenvalue weighted by atomic mass is 35.5. The molecule has 1 aromatic rings. The SMILES string of the molecule is COC1(c2ccnc(C(N)=O)c2)C2CCCC1CN(C1CCC1)C2.Cl. The molecule has 2 N–H and O–H groups in total. The van der Waals surface area contributed by atoms with E-state index in [0.29, 0.717) is 17.5 Å². The van der Waals surface area contributed by atoms with Crippen LogP contribution in [0.25, 0.3) is 0 Å². The van der Waals surface area contributed by atoms with Gasteiger partial charge in [-0.2, -0.15) is 0 Å². The van der Waals surface area contributed by atoms with E-state index in [1.165, 1.54) is 38.5 Å². The lowest BCUT2D eigenvalue weighted by Gasteiger charge is -2.57. The number of likely N-dealkylation sites (tertiary alicyclic amines) is 1. The zero-order chi connectivity index (χ0) is 16.7. The van der Waals surface area contributed by atoms with Gasteiger partial charge in [-0.3, -0.25) is 14.7 Å². The number of nitrogens with zero attached hydrogens (tertiary/aromatic N) is 2. The Hall–Kier alpha value is -1.17. The maximum absolute atomic E-state index is 11.6. The predicted octanol–water partition coefficient (Wildman–Crippen LogP) is 2.73. The fourth-order valence-corrected chi connectivity index (χ4v) is 5.25. The van der Waals surface area contributed by atoms with Crippen molar-refractivity contribution in [2.24, 2.45) is 17.6 Å². The molecule has 6 heteroatoms. The molecule has 2 unspecified atom stereocenters. The van der Waals surface area contributed by atoms with E-state index in [-0.39, 0.29) is 18.0 Å². The second-order valence-corrected chi connectivity index (χ2v) is 7.65. The Labute approximate surface area is 155 Å². The van der Waals surface area contributed by atoms with Crippen LogP contribution in [0.1, 0.15) is 54.6 Å². The summed E-state index contributed by atoms with van der Waals surface area (Å²) < 4.78 is 6.24. The molecule has 3 fully saturated rings. The van der Waals surface area contributed by atoms with Crippen molar-refractivity contribution >= 4 is 18.3 Å². The molecule has 2 bridgehead atoms. The summed E-state index contributed by atoms with van der Waals surface area (Å²) in [6, 6.07) is 4.65. The Kier molecular flexibility index (Phi) is 5.37. The molecule has 2 heterocycles. The summed E-state index contributed by atoms with van der Waals surface area (Å²) in [5.41, 5.74) is 6.57. The second-order valence-electron chi connectivity index (χ2n) is 7.65. The van der Waals surface area contributed by atoms with Gasteiger partial charge in [0.05, 0.1) is 0 Å². The quantitative estimate of drug-likeness (QED) is 0.890. The van der Waals surface area contributed by atoms with Gasteiger partial charge in [-0.05, 0) is 43.4 Å². The van der Waals surface area contributed by atoms with Crippen molar-refractivity contribution in [2.75, 3.05) is 20.2 Å². The van der Waals surface area contributed by atoms with Crippen molar-refractivity contribution in [3.63, 3.8) is 0 Å². The van der Waals surface area contributed by atoms with Gasteiger partial charge in [-0.1, -0.05) is 12.8 Å². The third kappa shape index (κ3) is 2.96. The maximum atomic E-state index is 11.6. The summed E-state index contributed by atoms with van der Waals surface area (Å²) in [5.74, 6) is 0.470. The van der Waals surface area contributed by atoms with Crippen molar-refractivity contribution in [3.8, 4) is 0 Å².